The van der Waals surface area contributed by atoms with E-state index in [2.05, 4.69) is 78.3 Å². The Morgan fingerprint density at radius 2 is 1.79 bits per heavy atom. The lowest BCUT2D eigenvalue weighted by Crippen LogP contribution is -2.34. The van der Waals surface area contributed by atoms with E-state index in [0.717, 1.165) is 25.9 Å². The highest BCUT2D eigenvalue weighted by molar-refractivity contribution is 5.37. The standard InChI is InChI=1S/C23H27N/c1-2-3-4-5-9-16-23-22-15-11-10-14-21(22)17-18-24(23)19-20-12-7-6-8-13-20/h6-8,10-15,23H,2-5,17-19H2,1H3. The molecule has 3 rings (SSSR count). The van der Waals surface area contributed by atoms with E-state index in [4.69, 9.17) is 0 Å². The maximum absolute atomic E-state index is 3.58. The third kappa shape index (κ3) is 4.28. The normalized spacial score (nSPS) is 17.0. The van der Waals surface area contributed by atoms with E-state index in [1.54, 1.807) is 0 Å². The SMILES string of the molecule is CCCCCC#CC1c2ccccc2CCN1Cc1ccccc1. The fraction of sp³-hybridized carbons (Fsp3) is 0.391. The zero-order chi connectivity index (χ0) is 16.6. The first-order valence-corrected chi connectivity index (χ1v) is 9.22. The fourth-order valence-electron chi connectivity index (χ4n) is 3.41. The Morgan fingerprint density at radius 3 is 2.62 bits per heavy atom. The second-order valence-corrected chi connectivity index (χ2v) is 6.59. The van der Waals surface area contributed by atoms with Crippen LogP contribution in [0.4, 0.5) is 0 Å². The first-order chi connectivity index (χ1) is 11.9. The van der Waals surface area contributed by atoms with Crippen LogP contribution in [-0.4, -0.2) is 11.4 Å². The lowest BCUT2D eigenvalue weighted by Gasteiger charge is -2.34. The predicted molar refractivity (Wildman–Crippen MR) is 102 cm³/mol. The average molecular weight is 317 g/mol. The van der Waals surface area contributed by atoms with Gasteiger partial charge in [-0.15, -0.1) is 5.92 Å². The van der Waals surface area contributed by atoms with E-state index < -0.39 is 0 Å². The van der Waals surface area contributed by atoms with Crippen LogP contribution in [-0.2, 0) is 13.0 Å². The second kappa shape index (κ2) is 8.71. The van der Waals surface area contributed by atoms with Crippen molar-refractivity contribution in [3.05, 3.63) is 71.3 Å². The van der Waals surface area contributed by atoms with Gasteiger partial charge in [-0.2, -0.15) is 0 Å². The molecule has 1 aliphatic heterocycles. The van der Waals surface area contributed by atoms with Crippen LogP contribution in [0.25, 0.3) is 0 Å². The van der Waals surface area contributed by atoms with Crippen molar-refractivity contribution in [3.63, 3.8) is 0 Å². The van der Waals surface area contributed by atoms with Crippen molar-refractivity contribution in [1.82, 2.24) is 4.90 Å². The van der Waals surface area contributed by atoms with Crippen molar-refractivity contribution in [2.75, 3.05) is 6.54 Å². The molecule has 24 heavy (non-hydrogen) atoms. The van der Waals surface area contributed by atoms with Crippen molar-refractivity contribution in [1.29, 1.82) is 0 Å². The van der Waals surface area contributed by atoms with Crippen molar-refractivity contribution in [2.24, 2.45) is 0 Å². The molecule has 0 N–H and O–H groups in total. The monoisotopic (exact) mass is 317 g/mol. The van der Waals surface area contributed by atoms with Crippen LogP contribution in [0.3, 0.4) is 0 Å². The fourth-order valence-corrected chi connectivity index (χ4v) is 3.41. The van der Waals surface area contributed by atoms with Crippen LogP contribution < -0.4 is 0 Å². The minimum Gasteiger partial charge on any atom is -0.281 e. The van der Waals surface area contributed by atoms with Gasteiger partial charge >= 0.3 is 0 Å². The van der Waals surface area contributed by atoms with Gasteiger partial charge in [0.1, 0.15) is 0 Å². The maximum Gasteiger partial charge on any atom is 0.0976 e. The molecule has 2 aromatic carbocycles. The minimum atomic E-state index is 0.233. The molecule has 0 bridgehead atoms. The van der Waals surface area contributed by atoms with Gasteiger partial charge in [0.25, 0.3) is 0 Å². The van der Waals surface area contributed by atoms with Gasteiger partial charge in [-0.05, 0) is 29.5 Å². The minimum absolute atomic E-state index is 0.233. The van der Waals surface area contributed by atoms with Crippen LogP contribution in [0.1, 0.15) is 55.3 Å². The zero-order valence-electron chi connectivity index (χ0n) is 14.7. The quantitative estimate of drug-likeness (QED) is 0.529. The number of hydrogen-bond acceptors (Lipinski definition) is 1. The molecule has 0 saturated heterocycles. The molecule has 0 saturated carbocycles. The van der Waals surface area contributed by atoms with Crippen LogP contribution in [0, 0.1) is 11.8 Å². The summed E-state index contributed by atoms with van der Waals surface area (Å²) in [5, 5.41) is 0. The molecular weight excluding hydrogens is 290 g/mol. The van der Waals surface area contributed by atoms with Gasteiger partial charge < -0.3 is 0 Å². The molecule has 0 spiro atoms. The highest BCUT2D eigenvalue weighted by atomic mass is 15.2. The third-order valence-corrected chi connectivity index (χ3v) is 4.76. The topological polar surface area (TPSA) is 3.24 Å². The Hall–Kier alpha value is -2.04. The van der Waals surface area contributed by atoms with Gasteiger partial charge in [-0.1, -0.05) is 80.3 Å². The largest absolute Gasteiger partial charge is 0.281 e. The molecule has 0 aromatic heterocycles. The first-order valence-electron chi connectivity index (χ1n) is 9.22. The highest BCUT2D eigenvalue weighted by Crippen LogP contribution is 2.30. The van der Waals surface area contributed by atoms with Crippen molar-refractivity contribution < 1.29 is 0 Å². The van der Waals surface area contributed by atoms with E-state index in [0.29, 0.717) is 0 Å². The summed E-state index contributed by atoms with van der Waals surface area (Å²) in [5.41, 5.74) is 4.24. The van der Waals surface area contributed by atoms with E-state index >= 15 is 0 Å². The molecule has 124 valence electrons. The number of nitrogens with zero attached hydrogens (tertiary/aromatic N) is 1. The summed E-state index contributed by atoms with van der Waals surface area (Å²) in [5.74, 6) is 7.04. The average Bonchev–Trinajstić information content (AvgIpc) is 2.63. The molecule has 1 unspecified atom stereocenters. The Balaban J connectivity index is 1.79. The molecule has 0 aliphatic carbocycles. The number of hydrogen-bond donors (Lipinski definition) is 0. The van der Waals surface area contributed by atoms with Crippen molar-refractivity contribution in [2.45, 2.75) is 51.6 Å². The molecule has 1 nitrogen and oxygen atoms in total. The van der Waals surface area contributed by atoms with E-state index in [9.17, 15) is 0 Å². The summed E-state index contributed by atoms with van der Waals surface area (Å²) < 4.78 is 0. The number of fused-ring (bicyclic) bond motifs is 1. The number of unbranched alkanes of at least 4 members (excludes halogenated alkanes) is 3. The maximum atomic E-state index is 3.58. The van der Waals surface area contributed by atoms with Gasteiger partial charge in [0.05, 0.1) is 6.04 Å². The van der Waals surface area contributed by atoms with Crippen molar-refractivity contribution >= 4 is 0 Å². The van der Waals surface area contributed by atoms with Gasteiger partial charge in [-0.3, -0.25) is 4.90 Å². The summed E-state index contributed by atoms with van der Waals surface area (Å²) in [6.07, 6.45) is 5.90. The van der Waals surface area contributed by atoms with Gasteiger partial charge in [-0.25, -0.2) is 0 Å². The van der Waals surface area contributed by atoms with Gasteiger partial charge in [0, 0.05) is 19.5 Å². The van der Waals surface area contributed by atoms with Gasteiger partial charge in [0.15, 0.2) is 0 Å². The van der Waals surface area contributed by atoms with Gasteiger partial charge in [0.2, 0.25) is 0 Å². The molecule has 1 heterocycles. The second-order valence-electron chi connectivity index (χ2n) is 6.59. The molecule has 1 aliphatic rings. The summed E-state index contributed by atoms with van der Waals surface area (Å²) in [7, 11) is 0. The van der Waals surface area contributed by atoms with Crippen LogP contribution in [0.2, 0.25) is 0 Å². The Bertz CT molecular complexity index is 693. The Kier molecular flexibility index (Phi) is 6.10. The molecule has 1 heteroatoms. The Morgan fingerprint density at radius 1 is 1.00 bits per heavy atom. The van der Waals surface area contributed by atoms with E-state index in [1.807, 2.05) is 0 Å². The molecule has 0 amide bonds. The summed E-state index contributed by atoms with van der Waals surface area (Å²) in [6, 6.07) is 19.8. The molecule has 2 aromatic rings. The van der Waals surface area contributed by atoms with Crippen LogP contribution >= 0.6 is 0 Å². The van der Waals surface area contributed by atoms with Crippen LogP contribution in [0.5, 0.6) is 0 Å². The Labute approximate surface area is 146 Å². The molecule has 0 fully saturated rings. The number of benzene rings is 2. The lowest BCUT2D eigenvalue weighted by molar-refractivity contribution is 0.216. The highest BCUT2D eigenvalue weighted by Gasteiger charge is 2.25. The molecule has 1 atom stereocenters. The zero-order valence-corrected chi connectivity index (χ0v) is 14.7. The van der Waals surface area contributed by atoms with Crippen LogP contribution in [0.15, 0.2) is 54.6 Å². The predicted octanol–water partition coefficient (Wildman–Crippen LogP) is 5.37. The van der Waals surface area contributed by atoms with E-state index in [1.165, 1.54) is 36.0 Å². The smallest absolute Gasteiger partial charge is 0.0976 e. The van der Waals surface area contributed by atoms with Crippen molar-refractivity contribution in [3.8, 4) is 11.8 Å². The summed E-state index contributed by atoms with van der Waals surface area (Å²) >= 11 is 0. The first kappa shape index (κ1) is 16.8. The lowest BCUT2D eigenvalue weighted by atomic mass is 9.92. The molecular formula is C23H27N. The third-order valence-electron chi connectivity index (χ3n) is 4.76. The summed E-state index contributed by atoms with van der Waals surface area (Å²) in [6.45, 7) is 4.30. The molecule has 0 radical (unpaired) electrons. The number of rotatable bonds is 5. The van der Waals surface area contributed by atoms with E-state index in [-0.39, 0.29) is 6.04 Å². The summed E-state index contributed by atoms with van der Waals surface area (Å²) in [4.78, 5) is 2.53.